The van der Waals surface area contributed by atoms with Gasteiger partial charge in [0.15, 0.2) is 0 Å². The van der Waals surface area contributed by atoms with E-state index in [0.717, 1.165) is 54.8 Å². The van der Waals surface area contributed by atoms with Gasteiger partial charge in [-0.25, -0.2) is 9.97 Å². The van der Waals surface area contributed by atoms with Crippen molar-refractivity contribution in [2.75, 3.05) is 42.7 Å². The van der Waals surface area contributed by atoms with Crippen LogP contribution in [0.5, 0.6) is 0 Å². The lowest BCUT2D eigenvalue weighted by Gasteiger charge is -2.12. The molecule has 0 saturated carbocycles. The largest absolute Gasteiger partial charge is 0.370 e. The molecule has 3 aromatic heterocycles. The summed E-state index contributed by atoms with van der Waals surface area (Å²) in [6.45, 7) is 1.59. The summed E-state index contributed by atoms with van der Waals surface area (Å²) in [4.78, 5) is 15.6. The van der Waals surface area contributed by atoms with Crippen LogP contribution in [0, 0.1) is 0 Å². The molecule has 3 rings (SSSR count). The van der Waals surface area contributed by atoms with Crippen molar-refractivity contribution in [3.63, 3.8) is 0 Å². The van der Waals surface area contributed by atoms with E-state index in [4.69, 9.17) is 0 Å². The lowest BCUT2D eigenvalue weighted by Crippen LogP contribution is -2.13. The molecule has 0 aromatic carbocycles. The van der Waals surface area contributed by atoms with Crippen LogP contribution in [-0.4, -0.2) is 42.1 Å². The molecule has 3 heterocycles. The number of aromatic nitrogens is 3. The molecular weight excluding hydrogens is 336 g/mol. The van der Waals surface area contributed by atoms with E-state index in [1.165, 1.54) is 0 Å². The minimum atomic E-state index is 0.786. The van der Waals surface area contributed by atoms with E-state index in [2.05, 4.69) is 31.7 Å². The SMILES string of the molecule is CN(C)c1cccc(CCNc2cccc(NCCc3ccccn3)n2)n1. The van der Waals surface area contributed by atoms with E-state index in [9.17, 15) is 0 Å². The third kappa shape index (κ3) is 5.95. The molecule has 0 spiro atoms. The van der Waals surface area contributed by atoms with Crippen LogP contribution in [0.25, 0.3) is 0 Å². The van der Waals surface area contributed by atoms with Crippen LogP contribution in [-0.2, 0) is 12.8 Å². The Morgan fingerprint density at radius 3 is 2.07 bits per heavy atom. The Morgan fingerprint density at radius 1 is 0.741 bits per heavy atom. The van der Waals surface area contributed by atoms with E-state index in [1.54, 1.807) is 0 Å². The first-order valence-electron chi connectivity index (χ1n) is 9.19. The molecule has 0 aliphatic rings. The normalized spacial score (nSPS) is 10.4. The highest BCUT2D eigenvalue weighted by molar-refractivity contribution is 5.45. The smallest absolute Gasteiger partial charge is 0.128 e. The Kier molecular flexibility index (Phi) is 6.57. The second-order valence-corrected chi connectivity index (χ2v) is 6.46. The van der Waals surface area contributed by atoms with E-state index in [1.807, 2.05) is 73.7 Å². The fourth-order valence-corrected chi connectivity index (χ4v) is 2.67. The number of rotatable bonds is 9. The molecule has 0 bridgehead atoms. The lowest BCUT2D eigenvalue weighted by atomic mass is 10.2. The highest BCUT2D eigenvalue weighted by Gasteiger charge is 2.01. The summed E-state index contributed by atoms with van der Waals surface area (Å²) >= 11 is 0. The van der Waals surface area contributed by atoms with Crippen molar-refractivity contribution in [1.82, 2.24) is 15.0 Å². The molecule has 140 valence electrons. The summed E-state index contributed by atoms with van der Waals surface area (Å²) in [7, 11) is 4.00. The maximum atomic E-state index is 4.64. The van der Waals surface area contributed by atoms with E-state index in [0.29, 0.717) is 0 Å². The molecule has 0 radical (unpaired) electrons. The monoisotopic (exact) mass is 362 g/mol. The maximum absolute atomic E-state index is 4.64. The van der Waals surface area contributed by atoms with Crippen LogP contribution in [0.3, 0.4) is 0 Å². The van der Waals surface area contributed by atoms with Crippen molar-refractivity contribution in [1.29, 1.82) is 0 Å². The Hall–Kier alpha value is -3.15. The zero-order valence-corrected chi connectivity index (χ0v) is 15.9. The van der Waals surface area contributed by atoms with Gasteiger partial charge >= 0.3 is 0 Å². The summed E-state index contributed by atoms with van der Waals surface area (Å²) in [6.07, 6.45) is 3.54. The van der Waals surface area contributed by atoms with Crippen LogP contribution in [0.2, 0.25) is 0 Å². The van der Waals surface area contributed by atoms with E-state index >= 15 is 0 Å². The first-order valence-corrected chi connectivity index (χ1v) is 9.19. The predicted octanol–water partition coefficient (Wildman–Crippen LogP) is 3.25. The summed E-state index contributed by atoms with van der Waals surface area (Å²) in [5, 5.41) is 6.73. The molecule has 3 aromatic rings. The Bertz CT molecular complexity index is 835. The Balaban J connectivity index is 1.47. The van der Waals surface area contributed by atoms with E-state index < -0.39 is 0 Å². The van der Waals surface area contributed by atoms with Crippen molar-refractivity contribution in [2.45, 2.75) is 12.8 Å². The van der Waals surface area contributed by atoms with Gasteiger partial charge in [-0.15, -0.1) is 0 Å². The van der Waals surface area contributed by atoms with Gasteiger partial charge in [-0.05, 0) is 36.4 Å². The fraction of sp³-hybridized carbons (Fsp3) is 0.286. The number of nitrogens with one attached hydrogen (secondary N) is 2. The van der Waals surface area contributed by atoms with Crippen LogP contribution in [0.1, 0.15) is 11.4 Å². The van der Waals surface area contributed by atoms with Crippen molar-refractivity contribution >= 4 is 17.5 Å². The molecule has 6 nitrogen and oxygen atoms in total. The minimum Gasteiger partial charge on any atom is -0.370 e. The van der Waals surface area contributed by atoms with Crippen LogP contribution < -0.4 is 15.5 Å². The average Bonchev–Trinajstić information content (AvgIpc) is 2.69. The second kappa shape index (κ2) is 9.52. The average molecular weight is 362 g/mol. The van der Waals surface area contributed by atoms with Crippen molar-refractivity contribution in [3.05, 3.63) is 72.2 Å². The number of pyridine rings is 3. The molecule has 6 heteroatoms. The summed E-state index contributed by atoms with van der Waals surface area (Å²) in [5.41, 5.74) is 2.14. The van der Waals surface area contributed by atoms with Gasteiger partial charge in [-0.1, -0.05) is 18.2 Å². The molecule has 2 N–H and O–H groups in total. The molecule has 0 fully saturated rings. The van der Waals surface area contributed by atoms with E-state index in [-0.39, 0.29) is 0 Å². The molecule has 0 atom stereocenters. The molecule has 0 amide bonds. The predicted molar refractivity (Wildman–Crippen MR) is 111 cm³/mol. The Labute approximate surface area is 160 Å². The summed E-state index contributed by atoms with van der Waals surface area (Å²) in [6, 6.07) is 18.0. The van der Waals surface area contributed by atoms with Crippen molar-refractivity contribution < 1.29 is 0 Å². The third-order valence-corrected chi connectivity index (χ3v) is 4.10. The van der Waals surface area contributed by atoms with Crippen molar-refractivity contribution in [2.24, 2.45) is 0 Å². The molecule has 0 aliphatic carbocycles. The minimum absolute atomic E-state index is 0.786. The number of nitrogens with zero attached hydrogens (tertiary/aromatic N) is 4. The maximum Gasteiger partial charge on any atom is 0.128 e. The Morgan fingerprint density at radius 2 is 1.41 bits per heavy atom. The van der Waals surface area contributed by atoms with Crippen LogP contribution >= 0.6 is 0 Å². The second-order valence-electron chi connectivity index (χ2n) is 6.46. The first-order chi connectivity index (χ1) is 13.2. The summed E-state index contributed by atoms with van der Waals surface area (Å²) < 4.78 is 0. The van der Waals surface area contributed by atoms with Gasteiger partial charge in [0.25, 0.3) is 0 Å². The standard InChI is InChI=1S/C21H26N6/c1-27(2)21-11-5-8-18(25-21)13-16-24-20-10-6-9-19(26-20)23-15-12-17-7-3-4-14-22-17/h3-11,14H,12-13,15-16H2,1-2H3,(H2,23,24,26). The first kappa shape index (κ1) is 18.6. The van der Waals surface area contributed by atoms with Crippen molar-refractivity contribution in [3.8, 4) is 0 Å². The quantitative estimate of drug-likeness (QED) is 0.609. The highest BCUT2D eigenvalue weighted by atomic mass is 15.1. The van der Waals surface area contributed by atoms with Crippen LogP contribution in [0.4, 0.5) is 17.5 Å². The van der Waals surface area contributed by atoms with Gasteiger partial charge < -0.3 is 15.5 Å². The fourth-order valence-electron chi connectivity index (χ4n) is 2.67. The summed E-state index contributed by atoms with van der Waals surface area (Å²) in [5.74, 6) is 2.70. The van der Waals surface area contributed by atoms with Gasteiger partial charge in [-0.2, -0.15) is 0 Å². The molecule has 0 saturated heterocycles. The zero-order valence-electron chi connectivity index (χ0n) is 15.9. The number of hydrogen-bond donors (Lipinski definition) is 2. The number of anilines is 3. The zero-order chi connectivity index (χ0) is 18.9. The topological polar surface area (TPSA) is 66.0 Å². The third-order valence-electron chi connectivity index (χ3n) is 4.10. The lowest BCUT2D eigenvalue weighted by molar-refractivity contribution is 0.933. The molecule has 27 heavy (non-hydrogen) atoms. The number of hydrogen-bond acceptors (Lipinski definition) is 6. The molecule has 0 aliphatic heterocycles. The van der Waals surface area contributed by atoms with Gasteiger partial charge in [0.05, 0.1) is 0 Å². The van der Waals surface area contributed by atoms with Gasteiger partial charge in [0.2, 0.25) is 0 Å². The highest BCUT2D eigenvalue weighted by Crippen LogP contribution is 2.11. The van der Waals surface area contributed by atoms with Gasteiger partial charge in [0.1, 0.15) is 17.5 Å². The van der Waals surface area contributed by atoms with Crippen LogP contribution in [0.15, 0.2) is 60.8 Å². The van der Waals surface area contributed by atoms with Gasteiger partial charge in [0, 0.05) is 57.6 Å². The molecular formula is C21H26N6. The van der Waals surface area contributed by atoms with Gasteiger partial charge in [-0.3, -0.25) is 4.98 Å². The molecule has 0 unspecified atom stereocenters.